The lowest BCUT2D eigenvalue weighted by molar-refractivity contribution is -0.373. The van der Waals surface area contributed by atoms with Crippen LogP contribution in [0.4, 0.5) is 0 Å². The lowest BCUT2D eigenvalue weighted by atomic mass is 9.86. The van der Waals surface area contributed by atoms with E-state index < -0.39 is 136 Å². The van der Waals surface area contributed by atoms with Crippen LogP contribution >= 0.6 is 0 Å². The van der Waals surface area contributed by atoms with Gasteiger partial charge in [-0.3, -0.25) is 0 Å². The van der Waals surface area contributed by atoms with Gasteiger partial charge in [-0.15, -0.1) is 0 Å². The smallest absolute Gasteiger partial charge is 0.187 e. The minimum Gasteiger partial charge on any atom is -0.394 e. The summed E-state index contributed by atoms with van der Waals surface area (Å²) in [6.07, 6.45) is -26.6. The van der Waals surface area contributed by atoms with Crippen molar-refractivity contribution in [2.75, 3.05) is 19.8 Å². The number of hydrogen-bond acceptors (Lipinski definition) is 19. The van der Waals surface area contributed by atoms with Crippen LogP contribution in [0.2, 0.25) is 0 Å². The van der Waals surface area contributed by atoms with Gasteiger partial charge in [0.25, 0.3) is 0 Å². The molecule has 0 aromatic heterocycles. The highest BCUT2D eigenvalue weighted by molar-refractivity contribution is 5.22. The number of ether oxygens (including phenoxy) is 5. The molecule has 4 rings (SSSR count). The third kappa shape index (κ3) is 6.96. The number of nitrogens with one attached hydrogen (secondary N) is 1. The predicted molar refractivity (Wildman–Crippen MR) is 138 cm³/mol. The van der Waals surface area contributed by atoms with Crippen LogP contribution in [0.15, 0.2) is 11.6 Å². The van der Waals surface area contributed by atoms with Crippen molar-refractivity contribution in [3.63, 3.8) is 0 Å². The Bertz CT molecular complexity index is 958. The zero-order chi connectivity index (χ0) is 32.6. The summed E-state index contributed by atoms with van der Waals surface area (Å²) in [6, 6.07) is -2.17. The highest BCUT2D eigenvalue weighted by atomic mass is 16.7. The Kier molecular flexibility index (Phi) is 12.1. The van der Waals surface area contributed by atoms with Crippen LogP contribution < -0.4 is 5.32 Å². The van der Waals surface area contributed by atoms with Crippen LogP contribution in [-0.4, -0.2) is 203 Å². The van der Waals surface area contributed by atoms with Crippen LogP contribution in [-0.2, 0) is 23.7 Å². The van der Waals surface area contributed by atoms with Gasteiger partial charge in [-0.2, -0.15) is 0 Å². The maximum Gasteiger partial charge on any atom is 0.187 e. The van der Waals surface area contributed by atoms with Crippen molar-refractivity contribution in [1.29, 1.82) is 0 Å². The van der Waals surface area contributed by atoms with Crippen LogP contribution in [0.25, 0.3) is 0 Å². The molecule has 3 saturated heterocycles. The molecule has 0 saturated carbocycles. The molecule has 0 unspecified atom stereocenters. The van der Waals surface area contributed by atoms with Gasteiger partial charge in [0.2, 0.25) is 0 Å². The summed E-state index contributed by atoms with van der Waals surface area (Å²) in [6.45, 7) is -0.753. The first-order valence-corrected chi connectivity index (χ1v) is 14.1. The van der Waals surface area contributed by atoms with Gasteiger partial charge in [0, 0.05) is 0 Å². The summed E-state index contributed by atoms with van der Waals surface area (Å²) >= 11 is 0. The maximum absolute atomic E-state index is 10.9. The lowest BCUT2D eigenvalue weighted by Crippen LogP contribution is -2.68. The standard InChI is InChI=1S/C25H43NO18/c1-6-11(26-8-2-7(3-27)12(30)15(33)13(8)31)14(32)19(37)24(40-6)43-22-10(5-29)42-25(20(38)17(22)35)44-21-9(4-28)41-23(39)18(36)16(21)34/h2,6,8-39H,3-5H2,1H3/t6-,8-,9+,10+,11-,12+,13-,14-,15-,16+,17+,18-,19-,20+,21-,22+,23-,24+,25-/m1/s1. The van der Waals surface area contributed by atoms with E-state index in [9.17, 15) is 66.4 Å². The number of aliphatic hydroxyl groups excluding tert-OH is 13. The quantitative estimate of drug-likeness (QED) is 0.103. The minimum absolute atomic E-state index is 0.0225. The predicted octanol–water partition coefficient (Wildman–Crippen LogP) is -8.56. The van der Waals surface area contributed by atoms with Crippen molar-refractivity contribution >= 4 is 0 Å². The summed E-state index contributed by atoms with van der Waals surface area (Å²) in [7, 11) is 0. The maximum atomic E-state index is 10.9. The molecule has 0 aromatic rings. The van der Waals surface area contributed by atoms with Gasteiger partial charge in [0.1, 0.15) is 79.4 Å². The zero-order valence-electron chi connectivity index (χ0n) is 23.5. The molecule has 1 aliphatic carbocycles. The zero-order valence-corrected chi connectivity index (χ0v) is 23.5. The molecule has 0 radical (unpaired) electrons. The summed E-state index contributed by atoms with van der Waals surface area (Å²) in [5.41, 5.74) is 0.0225. The molecular weight excluding hydrogens is 602 g/mol. The monoisotopic (exact) mass is 645 g/mol. The van der Waals surface area contributed by atoms with Crippen molar-refractivity contribution in [2.24, 2.45) is 0 Å². The Morgan fingerprint density at radius 2 is 1.16 bits per heavy atom. The van der Waals surface area contributed by atoms with E-state index in [0.717, 1.165) is 0 Å². The summed E-state index contributed by atoms with van der Waals surface area (Å²) in [5, 5.41) is 136. The molecule has 3 heterocycles. The fourth-order valence-corrected chi connectivity index (χ4v) is 5.81. The van der Waals surface area contributed by atoms with E-state index in [2.05, 4.69) is 5.32 Å². The Morgan fingerprint density at radius 3 is 1.73 bits per heavy atom. The van der Waals surface area contributed by atoms with E-state index in [0.29, 0.717) is 0 Å². The van der Waals surface area contributed by atoms with Gasteiger partial charge >= 0.3 is 0 Å². The van der Waals surface area contributed by atoms with Crippen LogP contribution in [0.1, 0.15) is 6.92 Å². The second kappa shape index (κ2) is 14.8. The second-order valence-electron chi connectivity index (χ2n) is 11.4. The molecule has 14 N–H and O–H groups in total. The van der Waals surface area contributed by atoms with Crippen molar-refractivity contribution in [3.05, 3.63) is 11.6 Å². The third-order valence-corrected chi connectivity index (χ3v) is 8.48. The molecule has 4 aliphatic rings. The van der Waals surface area contributed by atoms with Crippen LogP contribution in [0, 0.1) is 0 Å². The second-order valence-corrected chi connectivity index (χ2v) is 11.4. The Balaban J connectivity index is 1.42. The van der Waals surface area contributed by atoms with Crippen molar-refractivity contribution in [2.45, 2.75) is 123 Å². The van der Waals surface area contributed by atoms with E-state index in [1.807, 2.05) is 0 Å². The molecule has 0 aromatic carbocycles. The molecule has 256 valence electrons. The molecule has 3 aliphatic heterocycles. The molecule has 19 atom stereocenters. The first-order valence-electron chi connectivity index (χ1n) is 14.1. The highest BCUT2D eigenvalue weighted by Gasteiger charge is 2.53. The normalized spacial score (nSPS) is 52.0. The summed E-state index contributed by atoms with van der Waals surface area (Å²) in [4.78, 5) is 0. The Labute approximate surface area is 250 Å². The highest BCUT2D eigenvalue weighted by Crippen LogP contribution is 2.32. The average molecular weight is 646 g/mol. The van der Waals surface area contributed by atoms with Gasteiger partial charge in [-0.1, -0.05) is 6.08 Å². The lowest BCUT2D eigenvalue weighted by Gasteiger charge is -2.48. The molecule has 0 bridgehead atoms. The Morgan fingerprint density at radius 1 is 0.636 bits per heavy atom. The van der Waals surface area contributed by atoms with Crippen LogP contribution in [0.3, 0.4) is 0 Å². The number of aliphatic hydroxyl groups is 13. The third-order valence-electron chi connectivity index (χ3n) is 8.48. The van der Waals surface area contributed by atoms with Gasteiger partial charge in [0.05, 0.1) is 38.0 Å². The largest absolute Gasteiger partial charge is 0.394 e. The van der Waals surface area contributed by atoms with E-state index in [1.54, 1.807) is 0 Å². The SMILES string of the molecule is C[C@H]1O[C@@H](O[C@@H]2[C@@H](O)[C@H](O)[C@@H](O[C@H]3[C@@H](O)[C@@H](O)[C@H](O)O[C@H]3CO)O[C@H]2CO)[C@H](O)[C@H](O)[C@@H]1N[C@@H]1C=C(CO)[C@H](O)[C@@H](O)[C@@H]1O. The van der Waals surface area contributed by atoms with E-state index in [4.69, 9.17) is 23.7 Å². The fraction of sp³-hybridized carbons (Fsp3) is 0.920. The Hall–Kier alpha value is -1.02. The molecule has 0 amide bonds. The molecule has 19 nitrogen and oxygen atoms in total. The van der Waals surface area contributed by atoms with Crippen LogP contribution in [0.5, 0.6) is 0 Å². The van der Waals surface area contributed by atoms with E-state index in [1.165, 1.54) is 13.0 Å². The number of rotatable bonds is 9. The summed E-state index contributed by atoms with van der Waals surface area (Å²) < 4.78 is 27.4. The van der Waals surface area contributed by atoms with E-state index in [-0.39, 0.29) is 5.57 Å². The van der Waals surface area contributed by atoms with Gasteiger partial charge in [-0.05, 0) is 12.5 Å². The summed E-state index contributed by atoms with van der Waals surface area (Å²) in [5.74, 6) is 0. The molecular formula is C25H43NO18. The van der Waals surface area contributed by atoms with Gasteiger partial charge < -0.3 is 95.4 Å². The van der Waals surface area contributed by atoms with Crippen molar-refractivity contribution in [1.82, 2.24) is 5.32 Å². The fourth-order valence-electron chi connectivity index (χ4n) is 5.81. The minimum atomic E-state index is -1.93. The number of hydrogen-bond donors (Lipinski definition) is 14. The van der Waals surface area contributed by atoms with Gasteiger partial charge in [-0.25, -0.2) is 0 Å². The topological polar surface area (TPSA) is 321 Å². The molecule has 19 heteroatoms. The van der Waals surface area contributed by atoms with E-state index >= 15 is 0 Å². The molecule has 3 fully saturated rings. The van der Waals surface area contributed by atoms with Gasteiger partial charge in [0.15, 0.2) is 18.9 Å². The first-order chi connectivity index (χ1) is 20.7. The average Bonchev–Trinajstić information content (AvgIpc) is 3.00. The first kappa shape index (κ1) is 35.8. The molecule has 44 heavy (non-hydrogen) atoms. The van der Waals surface area contributed by atoms with Crippen molar-refractivity contribution < 1.29 is 90.1 Å². The van der Waals surface area contributed by atoms with Crippen molar-refractivity contribution in [3.8, 4) is 0 Å². The molecule has 0 spiro atoms.